The van der Waals surface area contributed by atoms with Gasteiger partial charge in [-0.2, -0.15) is 10.2 Å². The van der Waals surface area contributed by atoms with Gasteiger partial charge in [0.2, 0.25) is 5.91 Å². The minimum absolute atomic E-state index is 0.0624. The van der Waals surface area contributed by atoms with E-state index in [0.29, 0.717) is 5.02 Å². The Balaban J connectivity index is 1.94. The van der Waals surface area contributed by atoms with Crippen LogP contribution in [0.25, 0.3) is 0 Å². The molecular formula is C17H24ClN5O. The van der Waals surface area contributed by atoms with Crippen LogP contribution >= 0.6 is 11.6 Å². The Labute approximate surface area is 147 Å². The van der Waals surface area contributed by atoms with E-state index < -0.39 is 5.54 Å². The van der Waals surface area contributed by atoms with Crippen LogP contribution in [-0.2, 0) is 17.4 Å². The third-order valence-electron chi connectivity index (χ3n) is 5.06. The van der Waals surface area contributed by atoms with Crippen molar-refractivity contribution in [2.24, 2.45) is 7.05 Å². The molecular weight excluding hydrogens is 326 g/mol. The Morgan fingerprint density at radius 1 is 1.38 bits per heavy atom. The zero-order chi connectivity index (χ0) is 17.6. The molecule has 1 amide bonds. The lowest BCUT2D eigenvalue weighted by atomic mass is 9.99. The lowest BCUT2D eigenvalue weighted by Gasteiger charge is -2.33. The summed E-state index contributed by atoms with van der Waals surface area (Å²) in [4.78, 5) is 15.3. The number of rotatable bonds is 3. The first-order valence-corrected chi connectivity index (χ1v) is 8.63. The van der Waals surface area contributed by atoms with Crippen molar-refractivity contribution in [1.29, 1.82) is 0 Å². The number of amides is 1. The van der Waals surface area contributed by atoms with Gasteiger partial charge in [0.25, 0.3) is 0 Å². The van der Waals surface area contributed by atoms with Gasteiger partial charge in [-0.3, -0.25) is 14.2 Å². The number of aromatic nitrogens is 4. The zero-order valence-electron chi connectivity index (χ0n) is 14.9. The molecule has 0 aromatic carbocycles. The van der Waals surface area contributed by atoms with Gasteiger partial charge >= 0.3 is 0 Å². The topological polar surface area (TPSA) is 56.0 Å². The van der Waals surface area contributed by atoms with Crippen LogP contribution < -0.4 is 0 Å². The largest absolute Gasteiger partial charge is 0.333 e. The number of likely N-dealkylation sites (tertiary alicyclic amines) is 1. The summed E-state index contributed by atoms with van der Waals surface area (Å²) >= 11 is 5.98. The smallest absolute Gasteiger partial charge is 0.250 e. The van der Waals surface area contributed by atoms with E-state index in [2.05, 4.69) is 17.1 Å². The number of nitrogens with zero attached hydrogens (tertiary/aromatic N) is 5. The molecule has 3 rings (SSSR count). The summed E-state index contributed by atoms with van der Waals surface area (Å²) in [6.45, 7) is 8.61. The highest BCUT2D eigenvalue weighted by molar-refractivity contribution is 6.30. The normalized spacial score (nSPS) is 18.4. The number of halogens is 1. The van der Waals surface area contributed by atoms with Crippen molar-refractivity contribution in [3.05, 3.63) is 34.4 Å². The van der Waals surface area contributed by atoms with Gasteiger partial charge in [0, 0.05) is 31.0 Å². The molecule has 3 heterocycles. The standard InChI is InChI=1S/C17H24ClN5O/c1-11-15(12(2)21(5)20-11)14-7-6-8-22(14)16(24)17(3,4)23-10-13(18)9-19-23/h9-10,14H,6-8H2,1-5H3. The second-order valence-corrected chi connectivity index (χ2v) is 7.46. The highest BCUT2D eigenvalue weighted by Crippen LogP contribution is 2.37. The lowest BCUT2D eigenvalue weighted by Crippen LogP contribution is -2.47. The second kappa shape index (κ2) is 5.92. The molecule has 0 aliphatic carbocycles. The van der Waals surface area contributed by atoms with E-state index in [4.69, 9.17) is 11.6 Å². The van der Waals surface area contributed by atoms with Crippen molar-refractivity contribution in [1.82, 2.24) is 24.5 Å². The fourth-order valence-electron chi connectivity index (χ4n) is 3.64. The SMILES string of the molecule is Cc1nn(C)c(C)c1C1CCCN1C(=O)C(C)(C)n1cc(Cl)cn1. The number of hydrogen-bond acceptors (Lipinski definition) is 3. The van der Waals surface area contributed by atoms with Gasteiger partial charge in [-0.15, -0.1) is 0 Å². The molecule has 1 atom stereocenters. The van der Waals surface area contributed by atoms with E-state index in [9.17, 15) is 4.79 Å². The number of hydrogen-bond donors (Lipinski definition) is 0. The lowest BCUT2D eigenvalue weighted by molar-refractivity contribution is -0.140. The van der Waals surface area contributed by atoms with E-state index in [1.807, 2.05) is 37.4 Å². The van der Waals surface area contributed by atoms with Crippen LogP contribution in [0.4, 0.5) is 0 Å². The van der Waals surface area contributed by atoms with E-state index in [-0.39, 0.29) is 11.9 Å². The van der Waals surface area contributed by atoms with E-state index >= 15 is 0 Å². The van der Waals surface area contributed by atoms with Gasteiger partial charge in [-0.25, -0.2) is 0 Å². The molecule has 6 nitrogen and oxygen atoms in total. The molecule has 2 aromatic rings. The molecule has 1 unspecified atom stereocenters. The zero-order valence-corrected chi connectivity index (χ0v) is 15.6. The first kappa shape index (κ1) is 17.0. The molecule has 7 heteroatoms. The van der Waals surface area contributed by atoms with Crippen molar-refractivity contribution in [3.8, 4) is 0 Å². The van der Waals surface area contributed by atoms with Crippen molar-refractivity contribution >= 4 is 17.5 Å². The fourth-order valence-corrected chi connectivity index (χ4v) is 3.77. The summed E-state index contributed by atoms with van der Waals surface area (Å²) < 4.78 is 3.54. The van der Waals surface area contributed by atoms with Crippen LogP contribution in [0.3, 0.4) is 0 Å². The van der Waals surface area contributed by atoms with Crippen molar-refractivity contribution in [3.63, 3.8) is 0 Å². The molecule has 24 heavy (non-hydrogen) atoms. The third kappa shape index (κ3) is 2.62. The van der Waals surface area contributed by atoms with Crippen molar-refractivity contribution < 1.29 is 4.79 Å². The highest BCUT2D eigenvalue weighted by atomic mass is 35.5. The molecule has 0 N–H and O–H groups in total. The van der Waals surface area contributed by atoms with Crippen molar-refractivity contribution in [2.75, 3.05) is 6.54 Å². The molecule has 0 bridgehead atoms. The van der Waals surface area contributed by atoms with Crippen LogP contribution in [0.15, 0.2) is 12.4 Å². The maximum Gasteiger partial charge on any atom is 0.250 e. The second-order valence-electron chi connectivity index (χ2n) is 7.03. The fraction of sp³-hybridized carbons (Fsp3) is 0.588. The Morgan fingerprint density at radius 2 is 2.08 bits per heavy atom. The summed E-state index contributed by atoms with van der Waals surface area (Å²) in [6, 6.07) is 0.0801. The van der Waals surface area contributed by atoms with Crippen LogP contribution in [0.5, 0.6) is 0 Å². The van der Waals surface area contributed by atoms with E-state index in [1.54, 1.807) is 17.1 Å². The van der Waals surface area contributed by atoms with Gasteiger partial charge in [0.05, 0.1) is 23.0 Å². The molecule has 0 saturated carbocycles. The molecule has 0 radical (unpaired) electrons. The predicted octanol–water partition coefficient (Wildman–Crippen LogP) is 2.99. The summed E-state index contributed by atoms with van der Waals surface area (Å²) in [5.74, 6) is 0.0624. The van der Waals surface area contributed by atoms with Gasteiger partial charge in [-0.05, 0) is 40.5 Å². The molecule has 1 saturated heterocycles. The molecule has 1 fully saturated rings. The molecule has 1 aliphatic heterocycles. The van der Waals surface area contributed by atoms with Crippen LogP contribution in [-0.4, -0.2) is 36.9 Å². The Bertz CT molecular complexity index is 776. The maximum atomic E-state index is 13.3. The first-order chi connectivity index (χ1) is 11.2. The Morgan fingerprint density at radius 3 is 2.62 bits per heavy atom. The van der Waals surface area contributed by atoms with Crippen LogP contribution in [0.1, 0.15) is 49.7 Å². The highest BCUT2D eigenvalue weighted by Gasteiger charge is 2.41. The number of aryl methyl sites for hydroxylation is 2. The average molecular weight is 350 g/mol. The number of carbonyl (C=O) groups excluding carboxylic acids is 1. The minimum Gasteiger partial charge on any atom is -0.333 e. The Kier molecular flexibility index (Phi) is 4.20. The minimum atomic E-state index is -0.778. The van der Waals surface area contributed by atoms with E-state index in [1.165, 1.54) is 5.56 Å². The summed E-state index contributed by atoms with van der Waals surface area (Å²) in [5, 5.41) is 9.29. The van der Waals surface area contributed by atoms with Gasteiger partial charge in [-0.1, -0.05) is 11.6 Å². The molecule has 1 aliphatic rings. The third-order valence-corrected chi connectivity index (χ3v) is 5.25. The first-order valence-electron chi connectivity index (χ1n) is 8.25. The van der Waals surface area contributed by atoms with Crippen LogP contribution in [0.2, 0.25) is 5.02 Å². The monoisotopic (exact) mass is 349 g/mol. The molecule has 2 aromatic heterocycles. The number of carbonyl (C=O) groups is 1. The Hall–Kier alpha value is -1.82. The summed E-state index contributed by atoms with van der Waals surface area (Å²) in [6.07, 6.45) is 5.23. The van der Waals surface area contributed by atoms with Gasteiger partial charge in [0.1, 0.15) is 5.54 Å². The summed E-state index contributed by atoms with van der Waals surface area (Å²) in [5.41, 5.74) is 2.52. The van der Waals surface area contributed by atoms with Gasteiger partial charge in [0.15, 0.2) is 0 Å². The van der Waals surface area contributed by atoms with Crippen LogP contribution in [0, 0.1) is 13.8 Å². The quantitative estimate of drug-likeness (QED) is 0.856. The average Bonchev–Trinajstić information content (AvgIpc) is 3.20. The van der Waals surface area contributed by atoms with Crippen molar-refractivity contribution in [2.45, 2.75) is 52.1 Å². The molecule has 0 spiro atoms. The van der Waals surface area contributed by atoms with Gasteiger partial charge < -0.3 is 4.90 Å². The maximum absolute atomic E-state index is 13.3. The summed E-state index contributed by atoms with van der Waals surface area (Å²) in [7, 11) is 1.95. The predicted molar refractivity (Wildman–Crippen MR) is 92.9 cm³/mol. The molecule has 130 valence electrons. The van der Waals surface area contributed by atoms with E-state index in [0.717, 1.165) is 30.8 Å².